The number of hydrogen-bond donors (Lipinski definition) is 2. The van der Waals surface area contributed by atoms with E-state index < -0.39 is 23.1 Å². The first-order valence-corrected chi connectivity index (χ1v) is 8.98. The first kappa shape index (κ1) is 19.5. The number of ether oxygens (including phenoxy) is 1. The Bertz CT molecular complexity index is 1160. The van der Waals surface area contributed by atoms with Crippen LogP contribution in [0.15, 0.2) is 47.8 Å². The zero-order chi connectivity index (χ0) is 21.5. The standard InChI is InChI=1S/C20H18F2N6O2/c1-20(10-28-9-11(21)5-16(28)18(23)27-20)13-6-12(3-4-14(13)22)26-19(29)15-7-25-17(30-2)8-24-15/h3-9H,10H2,1-2H3,(H2,23,27)(H,26,29). The number of aromatic nitrogens is 3. The molecule has 3 heterocycles. The van der Waals surface area contributed by atoms with E-state index in [4.69, 9.17) is 10.5 Å². The summed E-state index contributed by atoms with van der Waals surface area (Å²) in [6, 6.07) is 5.41. The second-order valence-corrected chi connectivity index (χ2v) is 7.04. The maximum Gasteiger partial charge on any atom is 0.275 e. The van der Waals surface area contributed by atoms with E-state index in [1.165, 1.54) is 50.0 Å². The number of carbonyl (C=O) groups excluding carboxylic acids is 1. The summed E-state index contributed by atoms with van der Waals surface area (Å²) in [6.07, 6.45) is 3.88. The number of anilines is 1. The van der Waals surface area contributed by atoms with Gasteiger partial charge in [-0.3, -0.25) is 9.79 Å². The van der Waals surface area contributed by atoms with Crippen LogP contribution in [0, 0.1) is 11.6 Å². The van der Waals surface area contributed by atoms with Crippen molar-refractivity contribution in [3.8, 4) is 5.88 Å². The van der Waals surface area contributed by atoms with Crippen molar-refractivity contribution in [2.75, 3.05) is 12.4 Å². The number of halogens is 2. The normalized spacial score (nSPS) is 17.8. The van der Waals surface area contributed by atoms with E-state index in [1.54, 1.807) is 11.5 Å². The van der Waals surface area contributed by atoms with Gasteiger partial charge >= 0.3 is 0 Å². The summed E-state index contributed by atoms with van der Waals surface area (Å²) >= 11 is 0. The Kier molecular flexibility index (Phi) is 4.69. The minimum Gasteiger partial charge on any atom is -0.480 e. The van der Waals surface area contributed by atoms with Crippen molar-refractivity contribution in [1.82, 2.24) is 14.5 Å². The van der Waals surface area contributed by atoms with Crippen LogP contribution in [-0.4, -0.2) is 33.4 Å². The molecule has 4 rings (SSSR count). The van der Waals surface area contributed by atoms with Gasteiger partial charge in [0.1, 0.15) is 28.7 Å². The highest BCUT2D eigenvalue weighted by atomic mass is 19.1. The molecule has 10 heteroatoms. The first-order valence-electron chi connectivity index (χ1n) is 8.98. The summed E-state index contributed by atoms with van der Waals surface area (Å²) in [7, 11) is 1.44. The molecule has 0 radical (unpaired) electrons. The molecule has 1 amide bonds. The van der Waals surface area contributed by atoms with Crippen LogP contribution in [0.4, 0.5) is 14.5 Å². The van der Waals surface area contributed by atoms with Crippen LogP contribution in [0.1, 0.15) is 28.7 Å². The third-order valence-electron chi connectivity index (χ3n) is 4.85. The van der Waals surface area contributed by atoms with Crippen LogP contribution < -0.4 is 15.8 Å². The lowest BCUT2D eigenvalue weighted by Crippen LogP contribution is -2.37. The van der Waals surface area contributed by atoms with Crippen LogP contribution >= 0.6 is 0 Å². The number of fused-ring (bicyclic) bond motifs is 1. The molecule has 3 N–H and O–H groups in total. The molecule has 1 aliphatic rings. The minimum atomic E-state index is -1.09. The number of carbonyl (C=O) groups is 1. The van der Waals surface area contributed by atoms with Gasteiger partial charge in [0.05, 0.1) is 31.7 Å². The lowest BCUT2D eigenvalue weighted by Gasteiger charge is -2.32. The number of benzene rings is 1. The summed E-state index contributed by atoms with van der Waals surface area (Å²) in [5.74, 6) is -1.11. The average molecular weight is 412 g/mol. The van der Waals surface area contributed by atoms with Gasteiger partial charge in [-0.1, -0.05) is 0 Å². The van der Waals surface area contributed by atoms with Gasteiger partial charge in [-0.15, -0.1) is 0 Å². The summed E-state index contributed by atoms with van der Waals surface area (Å²) in [4.78, 5) is 24.8. The Morgan fingerprint density at radius 3 is 2.77 bits per heavy atom. The smallest absolute Gasteiger partial charge is 0.275 e. The molecule has 0 saturated heterocycles. The lowest BCUT2D eigenvalue weighted by molar-refractivity contribution is 0.102. The lowest BCUT2D eigenvalue weighted by atomic mass is 9.90. The fourth-order valence-electron chi connectivity index (χ4n) is 3.41. The van der Waals surface area contributed by atoms with Crippen LogP contribution in [0.3, 0.4) is 0 Å². The third-order valence-corrected chi connectivity index (χ3v) is 4.85. The molecule has 0 bridgehead atoms. The zero-order valence-corrected chi connectivity index (χ0v) is 16.2. The average Bonchev–Trinajstić information content (AvgIpc) is 3.09. The molecular formula is C20H18F2N6O2. The molecule has 30 heavy (non-hydrogen) atoms. The predicted molar refractivity (Wildman–Crippen MR) is 105 cm³/mol. The monoisotopic (exact) mass is 412 g/mol. The first-order chi connectivity index (χ1) is 14.3. The molecule has 154 valence electrons. The summed E-state index contributed by atoms with van der Waals surface area (Å²) in [5, 5.41) is 2.66. The van der Waals surface area contributed by atoms with E-state index in [2.05, 4.69) is 20.3 Å². The highest BCUT2D eigenvalue weighted by Crippen LogP contribution is 2.35. The number of amides is 1. The van der Waals surface area contributed by atoms with Gasteiger partial charge in [-0.25, -0.2) is 18.7 Å². The maximum atomic E-state index is 14.7. The van der Waals surface area contributed by atoms with E-state index in [1.807, 2.05) is 0 Å². The number of nitrogens with one attached hydrogen (secondary N) is 1. The Morgan fingerprint density at radius 1 is 1.27 bits per heavy atom. The van der Waals surface area contributed by atoms with Crippen molar-refractivity contribution in [3.63, 3.8) is 0 Å². The van der Waals surface area contributed by atoms with E-state index in [9.17, 15) is 13.6 Å². The minimum absolute atomic E-state index is 0.0697. The number of methoxy groups -OCH3 is 1. The van der Waals surface area contributed by atoms with Crippen LogP contribution in [-0.2, 0) is 12.1 Å². The summed E-state index contributed by atoms with van der Waals surface area (Å²) in [6.45, 7) is 1.88. The van der Waals surface area contributed by atoms with Crippen molar-refractivity contribution >= 4 is 17.4 Å². The Labute approximate surface area is 170 Å². The van der Waals surface area contributed by atoms with Gasteiger partial charge in [-0.05, 0) is 25.1 Å². The molecule has 1 aliphatic heterocycles. The molecule has 0 aliphatic carbocycles. The predicted octanol–water partition coefficient (Wildman–Crippen LogP) is 2.45. The SMILES string of the molecule is COc1cnc(C(=O)Nc2ccc(F)c(C3(C)Cn4cc(F)cc4C(N)=N3)c2)cn1. The van der Waals surface area contributed by atoms with Crippen LogP contribution in [0.25, 0.3) is 0 Å². The zero-order valence-electron chi connectivity index (χ0n) is 16.2. The Balaban J connectivity index is 1.63. The number of aliphatic imine (C=N–C) groups is 1. The van der Waals surface area contributed by atoms with Crippen molar-refractivity contribution < 1.29 is 18.3 Å². The van der Waals surface area contributed by atoms with E-state index in [0.717, 1.165) is 0 Å². The molecule has 8 nitrogen and oxygen atoms in total. The Hall–Kier alpha value is -3.82. The van der Waals surface area contributed by atoms with Crippen LogP contribution in [0.5, 0.6) is 5.88 Å². The van der Waals surface area contributed by atoms with Crippen LogP contribution in [0.2, 0.25) is 0 Å². The second-order valence-electron chi connectivity index (χ2n) is 7.04. The van der Waals surface area contributed by atoms with Crippen molar-refractivity contribution in [2.24, 2.45) is 10.7 Å². The summed E-state index contributed by atoms with van der Waals surface area (Å²) in [5.41, 5.74) is 5.96. The molecule has 1 unspecified atom stereocenters. The quantitative estimate of drug-likeness (QED) is 0.685. The molecular weight excluding hydrogens is 394 g/mol. The van der Waals surface area contributed by atoms with Gasteiger partial charge in [0.25, 0.3) is 5.91 Å². The second kappa shape index (κ2) is 7.21. The molecule has 0 fully saturated rings. The molecule has 0 spiro atoms. The van der Waals surface area contributed by atoms with Gasteiger partial charge in [0, 0.05) is 23.5 Å². The van der Waals surface area contributed by atoms with E-state index in [-0.39, 0.29) is 29.5 Å². The molecule has 1 aromatic carbocycles. The Morgan fingerprint density at radius 2 is 2.07 bits per heavy atom. The molecule has 2 aromatic heterocycles. The van der Waals surface area contributed by atoms with E-state index in [0.29, 0.717) is 11.4 Å². The van der Waals surface area contributed by atoms with Crippen molar-refractivity contribution in [1.29, 1.82) is 0 Å². The molecule has 0 saturated carbocycles. The van der Waals surface area contributed by atoms with Crippen molar-refractivity contribution in [3.05, 3.63) is 71.4 Å². The highest BCUT2D eigenvalue weighted by Gasteiger charge is 2.35. The van der Waals surface area contributed by atoms with Gasteiger partial charge in [0.2, 0.25) is 5.88 Å². The number of nitrogens with zero attached hydrogens (tertiary/aromatic N) is 4. The fraction of sp³-hybridized carbons (Fsp3) is 0.200. The molecule has 3 aromatic rings. The van der Waals surface area contributed by atoms with Crippen molar-refractivity contribution in [2.45, 2.75) is 19.0 Å². The number of nitrogens with two attached hydrogens (primary N) is 1. The van der Waals surface area contributed by atoms with Gasteiger partial charge in [0.15, 0.2) is 0 Å². The largest absolute Gasteiger partial charge is 0.480 e. The summed E-state index contributed by atoms with van der Waals surface area (Å²) < 4.78 is 34.9. The number of hydrogen-bond acceptors (Lipinski definition) is 6. The molecule has 1 atom stereocenters. The maximum absolute atomic E-state index is 14.7. The van der Waals surface area contributed by atoms with Gasteiger partial charge in [-0.2, -0.15) is 0 Å². The third kappa shape index (κ3) is 3.47. The number of rotatable bonds is 4. The fourth-order valence-corrected chi connectivity index (χ4v) is 3.41. The van der Waals surface area contributed by atoms with E-state index >= 15 is 0 Å². The van der Waals surface area contributed by atoms with Gasteiger partial charge < -0.3 is 20.4 Å². The number of amidine groups is 1. The topological polar surface area (TPSA) is 107 Å². The highest BCUT2D eigenvalue weighted by molar-refractivity contribution is 6.02.